The monoisotopic (exact) mass is 251 g/mol. The maximum Gasteiger partial charge on any atom is 0.219 e. The van der Waals surface area contributed by atoms with Crippen LogP contribution in [0.2, 0.25) is 0 Å². The third kappa shape index (κ3) is 3.87. The molecule has 0 bridgehead atoms. The molecule has 0 radical (unpaired) electrons. The van der Waals surface area contributed by atoms with E-state index in [-0.39, 0.29) is 18.4 Å². The first-order valence-electron chi connectivity index (χ1n) is 6.21. The Morgan fingerprint density at radius 1 is 1.39 bits per heavy atom. The van der Waals surface area contributed by atoms with E-state index in [9.17, 15) is 4.79 Å². The smallest absolute Gasteiger partial charge is 0.219 e. The summed E-state index contributed by atoms with van der Waals surface area (Å²) in [6.07, 6.45) is 2.61. The fraction of sp³-hybridized carbons (Fsp3) is 0.583. The van der Waals surface area contributed by atoms with Gasteiger partial charge in [0, 0.05) is 24.6 Å². The van der Waals surface area contributed by atoms with Gasteiger partial charge in [0.2, 0.25) is 5.91 Å². The van der Waals surface area contributed by atoms with Crippen LogP contribution in [0.15, 0.2) is 6.33 Å². The molecule has 0 aromatic carbocycles. The zero-order chi connectivity index (χ0) is 13.5. The maximum atomic E-state index is 10.9. The molecule has 1 rings (SSSR count). The molecule has 1 aromatic heterocycles. The molecule has 0 saturated heterocycles. The quantitative estimate of drug-likeness (QED) is 0.676. The number of aromatic nitrogens is 2. The number of primary amides is 1. The van der Waals surface area contributed by atoms with Gasteiger partial charge in [0.15, 0.2) is 0 Å². The fourth-order valence-electron chi connectivity index (χ4n) is 1.78. The maximum absolute atomic E-state index is 10.9. The predicted molar refractivity (Wildman–Crippen MR) is 72.5 cm³/mol. The van der Waals surface area contributed by atoms with E-state index in [2.05, 4.69) is 20.6 Å². The van der Waals surface area contributed by atoms with Crippen LogP contribution in [0.1, 0.15) is 32.8 Å². The average molecular weight is 251 g/mol. The second-order valence-corrected chi connectivity index (χ2v) is 4.15. The number of rotatable bonds is 7. The Bertz CT molecular complexity index is 407. The molecule has 6 heteroatoms. The van der Waals surface area contributed by atoms with E-state index >= 15 is 0 Å². The van der Waals surface area contributed by atoms with E-state index in [0.29, 0.717) is 0 Å². The molecule has 4 N–H and O–H groups in total. The van der Waals surface area contributed by atoms with E-state index in [4.69, 9.17) is 5.73 Å². The van der Waals surface area contributed by atoms with Crippen molar-refractivity contribution in [2.24, 2.45) is 5.73 Å². The number of hydrogen-bond donors (Lipinski definition) is 3. The Hall–Kier alpha value is -1.85. The van der Waals surface area contributed by atoms with Crippen LogP contribution in [-0.2, 0) is 11.2 Å². The molecule has 0 saturated carbocycles. The van der Waals surface area contributed by atoms with Crippen molar-refractivity contribution in [2.75, 3.05) is 17.2 Å². The largest absolute Gasteiger partial charge is 0.370 e. The van der Waals surface area contributed by atoms with Crippen LogP contribution in [0.5, 0.6) is 0 Å². The molecule has 0 spiro atoms. The van der Waals surface area contributed by atoms with Crippen molar-refractivity contribution >= 4 is 17.5 Å². The summed E-state index contributed by atoms with van der Waals surface area (Å²) in [4.78, 5) is 19.3. The minimum absolute atomic E-state index is 0.0443. The fourth-order valence-corrected chi connectivity index (χ4v) is 1.78. The summed E-state index contributed by atoms with van der Waals surface area (Å²) >= 11 is 0. The standard InChI is InChI=1S/C12H21N5O/c1-4-9-11(14-5-2)15-7-16-12(9)17-8(3)6-10(13)18/h7-8H,4-6H2,1-3H3,(H2,13,18)(H2,14,15,16,17). The first kappa shape index (κ1) is 14.2. The van der Waals surface area contributed by atoms with Gasteiger partial charge in [-0.05, 0) is 20.3 Å². The molecule has 1 unspecified atom stereocenters. The number of anilines is 2. The number of hydrogen-bond acceptors (Lipinski definition) is 5. The highest BCUT2D eigenvalue weighted by Gasteiger charge is 2.12. The molecule has 0 aliphatic carbocycles. The molecular weight excluding hydrogens is 230 g/mol. The molecular formula is C12H21N5O. The highest BCUT2D eigenvalue weighted by molar-refractivity contribution is 5.75. The first-order chi connectivity index (χ1) is 8.58. The Labute approximate surface area is 107 Å². The molecule has 100 valence electrons. The van der Waals surface area contributed by atoms with Crippen LogP contribution in [-0.4, -0.2) is 28.5 Å². The van der Waals surface area contributed by atoms with Crippen molar-refractivity contribution in [3.63, 3.8) is 0 Å². The minimum atomic E-state index is -0.325. The highest BCUT2D eigenvalue weighted by Crippen LogP contribution is 2.21. The van der Waals surface area contributed by atoms with Crippen LogP contribution in [0.4, 0.5) is 11.6 Å². The third-order valence-corrected chi connectivity index (χ3v) is 2.53. The van der Waals surface area contributed by atoms with Crippen LogP contribution >= 0.6 is 0 Å². The second-order valence-electron chi connectivity index (χ2n) is 4.15. The van der Waals surface area contributed by atoms with Crippen molar-refractivity contribution in [1.82, 2.24) is 9.97 Å². The van der Waals surface area contributed by atoms with Gasteiger partial charge in [0.25, 0.3) is 0 Å². The minimum Gasteiger partial charge on any atom is -0.370 e. The first-order valence-corrected chi connectivity index (χ1v) is 6.21. The zero-order valence-electron chi connectivity index (χ0n) is 11.2. The Balaban J connectivity index is 2.87. The molecule has 0 fully saturated rings. The Morgan fingerprint density at radius 3 is 2.61 bits per heavy atom. The lowest BCUT2D eigenvalue weighted by Gasteiger charge is -2.17. The van der Waals surface area contributed by atoms with Gasteiger partial charge in [-0.15, -0.1) is 0 Å². The predicted octanol–water partition coefficient (Wildman–Crippen LogP) is 1.15. The number of amides is 1. The zero-order valence-corrected chi connectivity index (χ0v) is 11.2. The summed E-state index contributed by atoms with van der Waals surface area (Å²) in [6.45, 7) is 6.77. The second kappa shape index (κ2) is 6.78. The van der Waals surface area contributed by atoms with Gasteiger partial charge in [0.1, 0.15) is 18.0 Å². The van der Waals surface area contributed by atoms with Crippen LogP contribution in [0, 0.1) is 0 Å². The summed E-state index contributed by atoms with van der Waals surface area (Å²) in [5.41, 5.74) is 6.19. The van der Waals surface area contributed by atoms with E-state index in [1.54, 1.807) is 0 Å². The number of nitrogens with zero attached hydrogens (tertiary/aromatic N) is 2. The number of carbonyl (C=O) groups is 1. The van der Waals surface area contributed by atoms with E-state index in [1.807, 2.05) is 20.8 Å². The van der Waals surface area contributed by atoms with Gasteiger partial charge in [-0.3, -0.25) is 4.79 Å². The summed E-state index contributed by atoms with van der Waals surface area (Å²) in [5, 5.41) is 6.40. The average Bonchev–Trinajstić information content (AvgIpc) is 2.28. The molecule has 18 heavy (non-hydrogen) atoms. The molecule has 1 amide bonds. The van der Waals surface area contributed by atoms with Gasteiger partial charge in [-0.1, -0.05) is 6.92 Å². The molecule has 1 atom stereocenters. The summed E-state index contributed by atoms with van der Waals surface area (Å²) in [6, 6.07) is -0.0443. The lowest BCUT2D eigenvalue weighted by molar-refractivity contribution is -0.118. The third-order valence-electron chi connectivity index (χ3n) is 2.53. The van der Waals surface area contributed by atoms with Crippen molar-refractivity contribution in [2.45, 2.75) is 39.7 Å². The Morgan fingerprint density at radius 2 is 2.06 bits per heavy atom. The van der Waals surface area contributed by atoms with E-state index in [1.165, 1.54) is 6.33 Å². The van der Waals surface area contributed by atoms with Crippen molar-refractivity contribution < 1.29 is 4.79 Å². The van der Waals surface area contributed by atoms with Crippen LogP contribution in [0.25, 0.3) is 0 Å². The number of carbonyl (C=O) groups excluding carboxylic acids is 1. The molecule has 0 aliphatic rings. The lowest BCUT2D eigenvalue weighted by atomic mass is 10.2. The van der Waals surface area contributed by atoms with Gasteiger partial charge < -0.3 is 16.4 Å². The highest BCUT2D eigenvalue weighted by atomic mass is 16.1. The molecule has 6 nitrogen and oxygen atoms in total. The van der Waals surface area contributed by atoms with E-state index < -0.39 is 0 Å². The molecule has 0 aliphatic heterocycles. The summed E-state index contributed by atoms with van der Waals surface area (Å²) in [5.74, 6) is 1.27. The molecule has 1 aromatic rings. The normalized spacial score (nSPS) is 11.9. The van der Waals surface area contributed by atoms with E-state index in [0.717, 1.165) is 30.2 Å². The van der Waals surface area contributed by atoms with Crippen molar-refractivity contribution in [1.29, 1.82) is 0 Å². The van der Waals surface area contributed by atoms with Gasteiger partial charge in [-0.2, -0.15) is 0 Å². The van der Waals surface area contributed by atoms with Crippen molar-refractivity contribution in [3.05, 3.63) is 11.9 Å². The number of nitrogens with two attached hydrogens (primary N) is 1. The summed E-state index contributed by atoms with van der Waals surface area (Å²) < 4.78 is 0. The Kier molecular flexibility index (Phi) is 5.35. The van der Waals surface area contributed by atoms with Crippen molar-refractivity contribution in [3.8, 4) is 0 Å². The van der Waals surface area contributed by atoms with Gasteiger partial charge in [0.05, 0.1) is 0 Å². The van der Waals surface area contributed by atoms with Gasteiger partial charge >= 0.3 is 0 Å². The number of nitrogens with one attached hydrogen (secondary N) is 2. The lowest BCUT2D eigenvalue weighted by Crippen LogP contribution is -2.25. The SMILES string of the molecule is CCNc1ncnc(NC(C)CC(N)=O)c1CC. The topological polar surface area (TPSA) is 92.9 Å². The molecule has 1 heterocycles. The van der Waals surface area contributed by atoms with Crippen LogP contribution < -0.4 is 16.4 Å². The summed E-state index contributed by atoms with van der Waals surface area (Å²) in [7, 11) is 0. The van der Waals surface area contributed by atoms with Crippen LogP contribution in [0.3, 0.4) is 0 Å². The van der Waals surface area contributed by atoms with Gasteiger partial charge in [-0.25, -0.2) is 9.97 Å².